The van der Waals surface area contributed by atoms with Gasteiger partial charge in [0.15, 0.2) is 11.6 Å². The molecule has 1 nitrogen and oxygen atoms in total. The van der Waals surface area contributed by atoms with Gasteiger partial charge in [-0.25, -0.2) is 4.39 Å². The molecule has 1 N–H and O–H groups in total. The van der Waals surface area contributed by atoms with Crippen molar-refractivity contribution in [3.05, 3.63) is 23.3 Å². The lowest BCUT2D eigenvalue weighted by Gasteiger charge is -1.98. The van der Waals surface area contributed by atoms with E-state index in [1.807, 2.05) is 11.6 Å². The van der Waals surface area contributed by atoms with Crippen LogP contribution in [0.3, 0.4) is 0 Å². The molecule has 0 fully saturated rings. The quantitative estimate of drug-likeness (QED) is 0.733. The lowest BCUT2D eigenvalue weighted by Crippen LogP contribution is -1.77. The van der Waals surface area contributed by atoms with Crippen LogP contribution in [0.4, 0.5) is 4.39 Å². The molecule has 1 heterocycles. The highest BCUT2D eigenvalue weighted by Crippen LogP contribution is 2.36. The van der Waals surface area contributed by atoms with Crippen molar-refractivity contribution in [2.75, 3.05) is 6.26 Å². The fourth-order valence-corrected chi connectivity index (χ4v) is 3.01. The summed E-state index contributed by atoms with van der Waals surface area (Å²) < 4.78 is 14.3. The van der Waals surface area contributed by atoms with Crippen molar-refractivity contribution in [3.8, 4) is 5.75 Å². The number of phenolic OH excluding ortho intramolecular Hbond substituents is 1. The Hall–Kier alpha value is -0.740. The zero-order chi connectivity index (χ0) is 9.42. The normalized spacial score (nSPS) is 10.9. The van der Waals surface area contributed by atoms with Gasteiger partial charge in [-0.15, -0.1) is 23.1 Å². The number of thiophene rings is 1. The highest BCUT2D eigenvalue weighted by molar-refractivity contribution is 7.99. The van der Waals surface area contributed by atoms with Gasteiger partial charge in [0.05, 0.1) is 0 Å². The molecular weight excluding hydrogens is 207 g/mol. The first-order chi connectivity index (χ1) is 6.24. The van der Waals surface area contributed by atoms with Gasteiger partial charge in [0, 0.05) is 20.4 Å². The summed E-state index contributed by atoms with van der Waals surface area (Å²) in [5, 5.41) is 11.6. The highest BCUT2D eigenvalue weighted by Gasteiger charge is 2.11. The standard InChI is InChI=1S/C9H7FOS2/c1-12-7-4-13-6-3-2-5(11)9(10)8(6)7/h2-4,11H,1H3. The molecule has 2 aromatic rings. The van der Waals surface area contributed by atoms with Crippen LogP contribution >= 0.6 is 23.1 Å². The first kappa shape index (κ1) is 8.84. The molecule has 0 spiro atoms. The van der Waals surface area contributed by atoms with E-state index in [4.69, 9.17) is 0 Å². The van der Waals surface area contributed by atoms with Gasteiger partial charge in [0.1, 0.15) is 0 Å². The Morgan fingerprint density at radius 2 is 2.23 bits per heavy atom. The molecule has 0 bridgehead atoms. The second-order valence-electron chi connectivity index (χ2n) is 2.58. The van der Waals surface area contributed by atoms with E-state index >= 15 is 0 Å². The lowest BCUT2D eigenvalue weighted by molar-refractivity contribution is 0.436. The van der Waals surface area contributed by atoms with E-state index in [2.05, 4.69) is 0 Å². The van der Waals surface area contributed by atoms with Crippen LogP contribution in [0.15, 0.2) is 22.4 Å². The van der Waals surface area contributed by atoms with Gasteiger partial charge >= 0.3 is 0 Å². The number of fused-ring (bicyclic) bond motifs is 1. The SMILES string of the molecule is CSc1csc2ccc(O)c(F)c12. The topological polar surface area (TPSA) is 20.2 Å². The van der Waals surface area contributed by atoms with E-state index in [1.54, 1.807) is 6.07 Å². The number of hydrogen-bond donors (Lipinski definition) is 1. The Kier molecular flexibility index (Phi) is 2.17. The fourth-order valence-electron chi connectivity index (χ4n) is 1.20. The summed E-state index contributed by atoms with van der Waals surface area (Å²) in [6, 6.07) is 3.12. The summed E-state index contributed by atoms with van der Waals surface area (Å²) in [6.45, 7) is 0. The van der Waals surface area contributed by atoms with Gasteiger partial charge in [-0.2, -0.15) is 0 Å². The third-order valence-electron chi connectivity index (χ3n) is 1.84. The predicted octanol–water partition coefficient (Wildman–Crippen LogP) is 3.47. The summed E-state index contributed by atoms with van der Waals surface area (Å²) in [7, 11) is 0. The molecule has 0 saturated carbocycles. The van der Waals surface area contributed by atoms with Crippen molar-refractivity contribution in [2.24, 2.45) is 0 Å². The Morgan fingerprint density at radius 1 is 1.46 bits per heavy atom. The van der Waals surface area contributed by atoms with Crippen molar-refractivity contribution in [1.29, 1.82) is 0 Å². The molecule has 0 aliphatic heterocycles. The number of aromatic hydroxyl groups is 1. The number of hydrogen-bond acceptors (Lipinski definition) is 3. The Labute approximate surface area is 83.2 Å². The van der Waals surface area contributed by atoms with Crippen LogP contribution < -0.4 is 0 Å². The molecule has 68 valence electrons. The van der Waals surface area contributed by atoms with Crippen LogP contribution in [0.2, 0.25) is 0 Å². The maximum atomic E-state index is 13.4. The minimum absolute atomic E-state index is 0.277. The second kappa shape index (κ2) is 3.20. The summed E-state index contributed by atoms with van der Waals surface area (Å²) in [6.07, 6.45) is 1.89. The summed E-state index contributed by atoms with van der Waals surface area (Å²) in [5.41, 5.74) is 0. The zero-order valence-electron chi connectivity index (χ0n) is 6.87. The predicted molar refractivity (Wildman–Crippen MR) is 55.2 cm³/mol. The summed E-state index contributed by atoms with van der Waals surface area (Å²) in [5.74, 6) is -0.788. The lowest BCUT2D eigenvalue weighted by atomic mass is 10.2. The molecule has 0 aliphatic rings. The van der Waals surface area contributed by atoms with E-state index in [9.17, 15) is 9.50 Å². The molecule has 0 unspecified atom stereocenters. The van der Waals surface area contributed by atoms with E-state index in [0.717, 1.165) is 9.60 Å². The van der Waals surface area contributed by atoms with Crippen molar-refractivity contribution >= 4 is 33.2 Å². The largest absolute Gasteiger partial charge is 0.505 e. The number of halogens is 1. The number of rotatable bonds is 1. The third kappa shape index (κ3) is 1.30. The van der Waals surface area contributed by atoms with Crippen LogP contribution in [-0.2, 0) is 0 Å². The fraction of sp³-hybridized carbons (Fsp3) is 0.111. The van der Waals surface area contributed by atoms with Crippen molar-refractivity contribution in [1.82, 2.24) is 0 Å². The van der Waals surface area contributed by atoms with E-state index in [-0.39, 0.29) is 5.75 Å². The van der Waals surface area contributed by atoms with Crippen LogP contribution in [0, 0.1) is 5.82 Å². The van der Waals surface area contributed by atoms with Crippen molar-refractivity contribution in [2.45, 2.75) is 4.90 Å². The van der Waals surface area contributed by atoms with Crippen molar-refractivity contribution < 1.29 is 9.50 Å². The average Bonchev–Trinajstić information content (AvgIpc) is 2.55. The van der Waals surface area contributed by atoms with Gasteiger partial charge in [0.25, 0.3) is 0 Å². The van der Waals surface area contributed by atoms with Gasteiger partial charge in [-0.3, -0.25) is 0 Å². The molecule has 4 heteroatoms. The van der Waals surface area contributed by atoms with Gasteiger partial charge < -0.3 is 5.11 Å². The first-order valence-corrected chi connectivity index (χ1v) is 5.77. The van der Waals surface area contributed by atoms with Gasteiger partial charge in [0.2, 0.25) is 0 Å². The molecule has 0 amide bonds. The van der Waals surface area contributed by atoms with Crippen molar-refractivity contribution in [3.63, 3.8) is 0 Å². The minimum Gasteiger partial charge on any atom is -0.505 e. The second-order valence-corrected chi connectivity index (χ2v) is 4.34. The minimum atomic E-state index is -0.511. The summed E-state index contributed by atoms with van der Waals surface area (Å²) >= 11 is 2.98. The van der Waals surface area contributed by atoms with E-state index in [1.165, 1.54) is 29.2 Å². The monoisotopic (exact) mass is 214 g/mol. The smallest absolute Gasteiger partial charge is 0.174 e. The maximum absolute atomic E-state index is 13.4. The number of thioether (sulfide) groups is 1. The number of benzene rings is 1. The number of phenols is 1. The molecule has 13 heavy (non-hydrogen) atoms. The molecule has 0 radical (unpaired) electrons. The van der Waals surface area contributed by atoms with Gasteiger partial charge in [-0.05, 0) is 18.4 Å². The molecule has 0 saturated heterocycles. The summed E-state index contributed by atoms with van der Waals surface area (Å²) in [4.78, 5) is 0.883. The third-order valence-corrected chi connectivity index (χ3v) is 3.70. The molecule has 2 rings (SSSR count). The molecule has 0 atom stereocenters. The maximum Gasteiger partial charge on any atom is 0.174 e. The Balaban J connectivity index is 2.85. The van der Waals surface area contributed by atoms with Crippen LogP contribution in [0.1, 0.15) is 0 Å². The van der Waals surface area contributed by atoms with Gasteiger partial charge in [-0.1, -0.05) is 0 Å². The molecule has 0 aliphatic carbocycles. The van der Waals surface area contributed by atoms with Crippen LogP contribution in [0.25, 0.3) is 10.1 Å². The highest BCUT2D eigenvalue weighted by atomic mass is 32.2. The zero-order valence-corrected chi connectivity index (χ0v) is 8.51. The van der Waals surface area contributed by atoms with E-state index in [0.29, 0.717) is 5.39 Å². The van der Waals surface area contributed by atoms with E-state index < -0.39 is 5.82 Å². The molecule has 1 aromatic carbocycles. The molecular formula is C9H7FOS2. The first-order valence-electron chi connectivity index (χ1n) is 3.66. The Bertz CT molecular complexity index is 450. The van der Waals surface area contributed by atoms with Crippen LogP contribution in [0.5, 0.6) is 5.75 Å². The van der Waals surface area contributed by atoms with Crippen LogP contribution in [-0.4, -0.2) is 11.4 Å². The molecule has 1 aromatic heterocycles. The Morgan fingerprint density at radius 3 is 2.92 bits per heavy atom. The average molecular weight is 214 g/mol.